The maximum absolute atomic E-state index is 14.0. The first-order valence-corrected chi connectivity index (χ1v) is 16.2. The molecule has 3 fully saturated rings. The summed E-state index contributed by atoms with van der Waals surface area (Å²) in [5.41, 5.74) is 2.35. The number of nitrogens with zero attached hydrogens (tertiary/aromatic N) is 3. The van der Waals surface area contributed by atoms with Crippen LogP contribution in [-0.2, 0) is 40.1 Å². The van der Waals surface area contributed by atoms with Crippen LogP contribution in [0.2, 0.25) is 0 Å². The third kappa shape index (κ3) is 7.46. The molecule has 3 aromatic rings. The fraction of sp³-hybridized carbons (Fsp3) is 0.333. The lowest BCUT2D eigenvalue weighted by Gasteiger charge is -2.43. The summed E-state index contributed by atoms with van der Waals surface area (Å²) >= 11 is 0. The smallest absolute Gasteiger partial charge is 0.310 e. The molecule has 3 aromatic carbocycles. The molecular weight excluding hydrogens is 630 g/mol. The molecule has 0 radical (unpaired) electrons. The predicted octanol–water partition coefficient (Wildman–Crippen LogP) is 2.97. The fourth-order valence-electron chi connectivity index (χ4n) is 6.34. The van der Waals surface area contributed by atoms with Crippen molar-refractivity contribution in [1.29, 1.82) is 0 Å². The number of carbonyl (C=O) groups is 6. The number of anilines is 2. The van der Waals surface area contributed by atoms with E-state index in [2.05, 4.69) is 10.6 Å². The molecule has 6 rings (SSSR count). The van der Waals surface area contributed by atoms with E-state index in [-0.39, 0.29) is 56.2 Å². The van der Waals surface area contributed by atoms with Gasteiger partial charge in [0.2, 0.25) is 24.0 Å². The topological polar surface area (TPSA) is 155 Å². The molecule has 49 heavy (non-hydrogen) atoms. The van der Waals surface area contributed by atoms with E-state index >= 15 is 0 Å². The zero-order valence-corrected chi connectivity index (χ0v) is 26.9. The van der Waals surface area contributed by atoms with Gasteiger partial charge >= 0.3 is 5.97 Å². The van der Waals surface area contributed by atoms with Crippen molar-refractivity contribution in [3.8, 4) is 0 Å². The van der Waals surface area contributed by atoms with Gasteiger partial charge in [-0.05, 0) is 61.2 Å². The minimum atomic E-state index is -1.08. The number of benzene rings is 3. The van der Waals surface area contributed by atoms with Crippen LogP contribution >= 0.6 is 0 Å². The summed E-state index contributed by atoms with van der Waals surface area (Å²) in [6, 6.07) is 21.9. The average Bonchev–Trinajstić information content (AvgIpc) is 3.41. The number of hydrogen-bond acceptors (Lipinski definition) is 8. The van der Waals surface area contributed by atoms with Crippen LogP contribution in [0.1, 0.15) is 54.9 Å². The summed E-state index contributed by atoms with van der Waals surface area (Å²) in [6.45, 7) is 1.86. The number of hydrogen-bond donors (Lipinski definition) is 2. The van der Waals surface area contributed by atoms with Gasteiger partial charge in [0, 0.05) is 36.8 Å². The van der Waals surface area contributed by atoms with Gasteiger partial charge in [0.1, 0.15) is 18.1 Å². The quantitative estimate of drug-likeness (QED) is 0.330. The summed E-state index contributed by atoms with van der Waals surface area (Å²) in [7, 11) is 0. The molecule has 0 saturated carbocycles. The molecule has 0 bridgehead atoms. The lowest BCUT2D eigenvalue weighted by atomic mass is 10.0. The lowest BCUT2D eigenvalue weighted by molar-refractivity contribution is -0.177. The number of nitrogens with one attached hydrogen (secondary N) is 2. The standard InChI is InChI=1S/C36H37N5O8/c1-23(42)40(26-11-6-3-7-12-26)27-16-14-25(15-17-27)33(45)37-28-18-19-31(43)39-20-8-13-30(41(39)35(28)47)34(46)38-29-21-32(44)49-36(29)48-22-24-9-4-2-5-10-24/h2-7,9-12,14-17,28-30,36H,8,13,18-22H2,1H3,(H,37,45)(H,38,46). The first-order chi connectivity index (χ1) is 23.7. The second-order valence-corrected chi connectivity index (χ2v) is 12.1. The molecule has 4 atom stereocenters. The molecule has 13 heteroatoms. The third-order valence-electron chi connectivity index (χ3n) is 8.73. The van der Waals surface area contributed by atoms with Crippen molar-refractivity contribution in [3.05, 3.63) is 96.1 Å². The van der Waals surface area contributed by atoms with Crippen molar-refractivity contribution in [2.75, 3.05) is 11.4 Å². The van der Waals surface area contributed by atoms with Crippen molar-refractivity contribution < 1.29 is 38.2 Å². The van der Waals surface area contributed by atoms with Crippen LogP contribution in [0.15, 0.2) is 84.9 Å². The number of para-hydroxylation sites is 1. The van der Waals surface area contributed by atoms with Gasteiger partial charge in [-0.1, -0.05) is 48.5 Å². The highest BCUT2D eigenvalue weighted by Gasteiger charge is 2.46. The summed E-state index contributed by atoms with van der Waals surface area (Å²) in [5.74, 6) is -2.75. The molecule has 0 aliphatic carbocycles. The first-order valence-electron chi connectivity index (χ1n) is 16.2. The van der Waals surface area contributed by atoms with Gasteiger partial charge in [0.15, 0.2) is 0 Å². The van der Waals surface area contributed by atoms with Crippen LogP contribution in [0.5, 0.6) is 0 Å². The Labute approximate surface area is 283 Å². The van der Waals surface area contributed by atoms with E-state index < -0.39 is 48.1 Å². The number of ether oxygens (including phenoxy) is 2. The molecule has 13 nitrogen and oxygen atoms in total. The molecular formula is C36H37N5O8. The van der Waals surface area contributed by atoms with Crippen LogP contribution in [0.25, 0.3) is 0 Å². The second-order valence-electron chi connectivity index (χ2n) is 12.1. The Bertz CT molecular complexity index is 1720. The first kappa shape index (κ1) is 33.3. The van der Waals surface area contributed by atoms with Crippen LogP contribution in [0, 0.1) is 0 Å². The molecule has 254 valence electrons. The largest absolute Gasteiger partial charge is 0.433 e. The van der Waals surface area contributed by atoms with Gasteiger partial charge in [0.25, 0.3) is 11.8 Å². The van der Waals surface area contributed by atoms with E-state index in [1.165, 1.54) is 16.8 Å². The number of fused-ring (bicyclic) bond motifs is 1. The molecule has 3 heterocycles. The van der Waals surface area contributed by atoms with Crippen molar-refractivity contribution in [1.82, 2.24) is 20.7 Å². The second kappa shape index (κ2) is 14.7. The van der Waals surface area contributed by atoms with Crippen LogP contribution in [0.4, 0.5) is 11.4 Å². The molecule has 0 spiro atoms. The number of amides is 5. The monoisotopic (exact) mass is 667 g/mol. The Kier molecular flexibility index (Phi) is 10.00. The van der Waals surface area contributed by atoms with Crippen molar-refractivity contribution in [2.45, 2.75) is 70.1 Å². The van der Waals surface area contributed by atoms with Crippen molar-refractivity contribution in [2.24, 2.45) is 0 Å². The zero-order valence-electron chi connectivity index (χ0n) is 26.9. The Morgan fingerprint density at radius 3 is 2.24 bits per heavy atom. The van der Waals surface area contributed by atoms with Gasteiger partial charge < -0.3 is 20.1 Å². The maximum Gasteiger partial charge on any atom is 0.310 e. The van der Waals surface area contributed by atoms with E-state index in [1.54, 1.807) is 36.4 Å². The Hall–Kier alpha value is -5.56. The molecule has 3 saturated heterocycles. The van der Waals surface area contributed by atoms with Crippen molar-refractivity contribution in [3.63, 3.8) is 0 Å². The van der Waals surface area contributed by atoms with Gasteiger partial charge in [-0.15, -0.1) is 0 Å². The highest BCUT2D eigenvalue weighted by molar-refractivity contribution is 6.02. The van der Waals surface area contributed by atoms with Crippen LogP contribution < -0.4 is 15.5 Å². The molecule has 2 N–H and O–H groups in total. The molecule has 0 aromatic heterocycles. The van der Waals surface area contributed by atoms with Crippen LogP contribution in [0.3, 0.4) is 0 Å². The van der Waals surface area contributed by atoms with Gasteiger partial charge in [-0.3, -0.25) is 38.7 Å². The Morgan fingerprint density at radius 2 is 1.55 bits per heavy atom. The number of esters is 1. The summed E-state index contributed by atoms with van der Waals surface area (Å²) < 4.78 is 11.1. The van der Waals surface area contributed by atoms with Crippen molar-refractivity contribution >= 4 is 46.9 Å². The highest BCUT2D eigenvalue weighted by atomic mass is 16.7. The van der Waals surface area contributed by atoms with Gasteiger partial charge in [0.05, 0.1) is 13.0 Å². The third-order valence-corrected chi connectivity index (χ3v) is 8.73. The summed E-state index contributed by atoms with van der Waals surface area (Å²) in [6.07, 6.45) is -0.339. The number of cyclic esters (lactones) is 1. The zero-order chi connectivity index (χ0) is 34.5. The molecule has 4 unspecified atom stereocenters. The van der Waals surface area contributed by atoms with E-state index in [9.17, 15) is 28.8 Å². The average molecular weight is 668 g/mol. The van der Waals surface area contributed by atoms with E-state index in [1.807, 2.05) is 48.5 Å². The number of carbonyl (C=O) groups excluding carboxylic acids is 6. The van der Waals surface area contributed by atoms with Crippen LogP contribution in [-0.4, -0.2) is 76.5 Å². The normalized spacial score (nSPS) is 22.1. The molecule has 3 aliphatic heterocycles. The minimum absolute atomic E-state index is 0.00845. The van der Waals surface area contributed by atoms with Gasteiger partial charge in [-0.25, -0.2) is 5.01 Å². The van der Waals surface area contributed by atoms with E-state index in [4.69, 9.17) is 9.47 Å². The number of hydrazine groups is 1. The van der Waals surface area contributed by atoms with E-state index in [0.717, 1.165) is 10.6 Å². The minimum Gasteiger partial charge on any atom is -0.433 e. The molecule has 5 amide bonds. The fourth-order valence-corrected chi connectivity index (χ4v) is 6.34. The summed E-state index contributed by atoms with van der Waals surface area (Å²) in [5, 5.41) is 8.01. The lowest BCUT2D eigenvalue weighted by Crippen LogP contribution is -2.64. The van der Waals surface area contributed by atoms with E-state index in [0.29, 0.717) is 17.8 Å². The number of rotatable bonds is 9. The molecule has 3 aliphatic rings. The Balaban J connectivity index is 1.14. The summed E-state index contributed by atoms with van der Waals surface area (Å²) in [4.78, 5) is 80.4. The predicted molar refractivity (Wildman–Crippen MR) is 175 cm³/mol. The highest BCUT2D eigenvalue weighted by Crippen LogP contribution is 2.28. The Morgan fingerprint density at radius 1 is 0.878 bits per heavy atom. The SMILES string of the molecule is CC(=O)N(c1ccccc1)c1ccc(C(=O)NC2CCC(=O)N3CCCC(C(=O)NC4CC(=O)OC4OCc4ccccc4)N3C2=O)cc1. The van der Waals surface area contributed by atoms with Gasteiger partial charge in [-0.2, -0.15) is 0 Å². The maximum atomic E-state index is 14.0.